The quantitative estimate of drug-likeness (QED) is 0.608. The highest BCUT2D eigenvalue weighted by Gasteiger charge is 2.48. The molecule has 3 N–H and O–H groups in total. The Morgan fingerprint density at radius 3 is 2.83 bits per heavy atom. The first kappa shape index (κ1) is 13.0. The molecular formula is C11H16N2O5. The van der Waals surface area contributed by atoms with Crippen LogP contribution in [-0.4, -0.2) is 45.7 Å². The number of aliphatic hydroxyl groups is 2. The van der Waals surface area contributed by atoms with Gasteiger partial charge in [-0.15, -0.1) is 0 Å². The van der Waals surface area contributed by atoms with Crippen LogP contribution < -0.4 is 11.2 Å². The number of aromatic amines is 1. The maximum absolute atomic E-state index is 11.7. The SMILES string of the molecule is CC1(CO)C(n2ccc(=O)[nH]c2=O)CO[C@@H]1CO. The average Bonchev–Trinajstić information content (AvgIpc) is 2.67. The van der Waals surface area contributed by atoms with Gasteiger partial charge in [0.2, 0.25) is 0 Å². The molecule has 1 aliphatic rings. The first-order valence-corrected chi connectivity index (χ1v) is 5.67. The van der Waals surface area contributed by atoms with Crippen LogP contribution >= 0.6 is 0 Å². The number of H-pyrrole nitrogens is 1. The summed E-state index contributed by atoms with van der Waals surface area (Å²) < 4.78 is 6.73. The smallest absolute Gasteiger partial charge is 0.328 e. The molecule has 100 valence electrons. The van der Waals surface area contributed by atoms with E-state index in [0.717, 1.165) is 0 Å². The number of aliphatic hydroxyl groups excluding tert-OH is 2. The Morgan fingerprint density at radius 1 is 1.56 bits per heavy atom. The standard InChI is InChI=1S/C11H16N2O5/c1-11(6-15)7(5-18-8(11)4-14)13-3-2-9(16)12-10(13)17/h2-3,7-8,14-15H,4-6H2,1H3,(H,12,16,17)/t7?,8-,11?/m1/s1. The largest absolute Gasteiger partial charge is 0.396 e. The van der Waals surface area contributed by atoms with Gasteiger partial charge >= 0.3 is 5.69 Å². The van der Waals surface area contributed by atoms with Crippen molar-refractivity contribution in [3.8, 4) is 0 Å². The van der Waals surface area contributed by atoms with Crippen LogP contribution in [0.4, 0.5) is 0 Å². The number of ether oxygens (including phenoxy) is 1. The second-order valence-corrected chi connectivity index (χ2v) is 4.70. The first-order valence-electron chi connectivity index (χ1n) is 5.67. The summed E-state index contributed by atoms with van der Waals surface area (Å²) in [5.74, 6) is 0. The number of nitrogens with zero attached hydrogens (tertiary/aromatic N) is 1. The number of aromatic nitrogens is 2. The van der Waals surface area contributed by atoms with Crippen molar-refractivity contribution >= 4 is 0 Å². The van der Waals surface area contributed by atoms with Gasteiger partial charge in [-0.05, 0) is 0 Å². The van der Waals surface area contributed by atoms with Gasteiger partial charge in [0.1, 0.15) is 0 Å². The lowest BCUT2D eigenvalue weighted by Gasteiger charge is -2.32. The molecule has 7 heteroatoms. The molecule has 2 rings (SSSR count). The van der Waals surface area contributed by atoms with Crippen molar-refractivity contribution in [1.29, 1.82) is 0 Å². The summed E-state index contributed by atoms with van der Waals surface area (Å²) in [7, 11) is 0. The van der Waals surface area contributed by atoms with E-state index in [0.29, 0.717) is 0 Å². The van der Waals surface area contributed by atoms with Crippen molar-refractivity contribution in [2.24, 2.45) is 5.41 Å². The number of hydrogen-bond donors (Lipinski definition) is 3. The minimum atomic E-state index is -0.767. The van der Waals surface area contributed by atoms with E-state index >= 15 is 0 Å². The van der Waals surface area contributed by atoms with Crippen molar-refractivity contribution < 1.29 is 14.9 Å². The monoisotopic (exact) mass is 256 g/mol. The van der Waals surface area contributed by atoms with Crippen LogP contribution in [0.15, 0.2) is 21.9 Å². The van der Waals surface area contributed by atoms with Gasteiger partial charge < -0.3 is 14.9 Å². The molecule has 1 aromatic rings. The summed E-state index contributed by atoms with van der Waals surface area (Å²) in [4.78, 5) is 24.9. The van der Waals surface area contributed by atoms with Crippen molar-refractivity contribution in [2.45, 2.75) is 19.1 Å². The Bertz CT molecular complexity index is 537. The number of rotatable bonds is 3. The molecule has 1 aliphatic heterocycles. The lowest BCUT2D eigenvalue weighted by molar-refractivity contribution is -0.0157. The summed E-state index contributed by atoms with van der Waals surface area (Å²) in [5, 5.41) is 18.8. The van der Waals surface area contributed by atoms with Gasteiger partial charge in [-0.3, -0.25) is 14.3 Å². The minimum Gasteiger partial charge on any atom is -0.396 e. The van der Waals surface area contributed by atoms with Gasteiger partial charge in [0.25, 0.3) is 5.56 Å². The second kappa shape index (κ2) is 4.68. The Hall–Kier alpha value is -1.44. The van der Waals surface area contributed by atoms with Gasteiger partial charge in [-0.2, -0.15) is 0 Å². The molecule has 2 heterocycles. The molecule has 0 amide bonds. The van der Waals surface area contributed by atoms with Gasteiger partial charge in [0, 0.05) is 17.7 Å². The average molecular weight is 256 g/mol. The predicted molar refractivity (Wildman–Crippen MR) is 62.4 cm³/mol. The van der Waals surface area contributed by atoms with Gasteiger partial charge in [-0.1, -0.05) is 6.92 Å². The lowest BCUT2D eigenvalue weighted by Crippen LogP contribution is -2.44. The fourth-order valence-electron chi connectivity index (χ4n) is 2.34. The molecule has 18 heavy (non-hydrogen) atoms. The van der Waals surface area contributed by atoms with Gasteiger partial charge in [0.05, 0.1) is 32.0 Å². The zero-order valence-electron chi connectivity index (χ0n) is 10.00. The van der Waals surface area contributed by atoms with E-state index < -0.39 is 28.8 Å². The van der Waals surface area contributed by atoms with E-state index in [-0.39, 0.29) is 19.8 Å². The highest BCUT2D eigenvalue weighted by Crippen LogP contribution is 2.41. The molecule has 7 nitrogen and oxygen atoms in total. The third-order valence-electron chi connectivity index (χ3n) is 3.65. The number of nitrogens with one attached hydrogen (secondary N) is 1. The van der Waals surface area contributed by atoms with E-state index in [9.17, 15) is 19.8 Å². The Morgan fingerprint density at radius 2 is 2.28 bits per heavy atom. The fraction of sp³-hybridized carbons (Fsp3) is 0.636. The van der Waals surface area contributed by atoms with Crippen molar-refractivity contribution in [1.82, 2.24) is 9.55 Å². The highest BCUT2D eigenvalue weighted by atomic mass is 16.5. The molecule has 3 atom stereocenters. The third-order valence-corrected chi connectivity index (χ3v) is 3.65. The molecule has 0 saturated carbocycles. The van der Waals surface area contributed by atoms with Crippen molar-refractivity contribution in [3.05, 3.63) is 33.1 Å². The van der Waals surface area contributed by atoms with E-state index in [1.807, 2.05) is 0 Å². The van der Waals surface area contributed by atoms with Crippen LogP contribution in [0.3, 0.4) is 0 Å². The van der Waals surface area contributed by atoms with Crippen LogP contribution in [-0.2, 0) is 4.74 Å². The molecule has 2 unspecified atom stereocenters. The maximum Gasteiger partial charge on any atom is 0.328 e. The number of hydrogen-bond acceptors (Lipinski definition) is 5. The van der Waals surface area contributed by atoms with Crippen molar-refractivity contribution in [3.63, 3.8) is 0 Å². The second-order valence-electron chi connectivity index (χ2n) is 4.70. The normalized spacial score (nSPS) is 31.7. The molecule has 0 aliphatic carbocycles. The Balaban J connectivity index is 2.45. The molecule has 1 saturated heterocycles. The first-order chi connectivity index (χ1) is 8.52. The molecule has 0 aromatic carbocycles. The van der Waals surface area contributed by atoms with E-state index in [4.69, 9.17) is 4.74 Å². The molecule has 0 bridgehead atoms. The summed E-state index contributed by atoms with van der Waals surface area (Å²) in [6, 6.07) is 0.815. The van der Waals surface area contributed by atoms with Gasteiger partial charge in [-0.25, -0.2) is 4.79 Å². The highest BCUT2D eigenvalue weighted by molar-refractivity contribution is 5.00. The topological polar surface area (TPSA) is 105 Å². The Labute approximate surface area is 103 Å². The van der Waals surface area contributed by atoms with Crippen LogP contribution in [0.1, 0.15) is 13.0 Å². The molecular weight excluding hydrogens is 240 g/mol. The van der Waals surface area contributed by atoms with Gasteiger partial charge in [0.15, 0.2) is 0 Å². The summed E-state index contributed by atoms with van der Waals surface area (Å²) in [6.07, 6.45) is 0.842. The summed E-state index contributed by atoms with van der Waals surface area (Å²) >= 11 is 0. The fourth-order valence-corrected chi connectivity index (χ4v) is 2.34. The summed E-state index contributed by atoms with van der Waals surface area (Å²) in [6.45, 7) is 1.48. The molecule has 0 spiro atoms. The molecule has 1 fully saturated rings. The maximum atomic E-state index is 11.7. The van der Waals surface area contributed by atoms with Crippen LogP contribution in [0, 0.1) is 5.41 Å². The van der Waals surface area contributed by atoms with Crippen LogP contribution in [0.5, 0.6) is 0 Å². The zero-order valence-corrected chi connectivity index (χ0v) is 10.00. The minimum absolute atomic E-state index is 0.203. The van der Waals surface area contributed by atoms with Crippen LogP contribution in [0.2, 0.25) is 0 Å². The van der Waals surface area contributed by atoms with Crippen LogP contribution in [0.25, 0.3) is 0 Å². The molecule has 0 radical (unpaired) electrons. The third kappa shape index (κ3) is 1.90. The van der Waals surface area contributed by atoms with E-state index in [1.54, 1.807) is 6.92 Å². The van der Waals surface area contributed by atoms with Crippen molar-refractivity contribution in [2.75, 3.05) is 19.8 Å². The zero-order chi connectivity index (χ0) is 13.3. The predicted octanol–water partition coefficient (Wildman–Crippen LogP) is -1.53. The van der Waals surface area contributed by atoms with E-state index in [1.165, 1.54) is 16.8 Å². The lowest BCUT2D eigenvalue weighted by atomic mass is 9.80. The van der Waals surface area contributed by atoms with E-state index in [2.05, 4.69) is 4.98 Å². The molecule has 1 aromatic heterocycles. The Kier molecular flexibility index (Phi) is 3.38. The summed E-state index contributed by atoms with van der Waals surface area (Å²) in [5.41, 5.74) is -1.79.